The van der Waals surface area contributed by atoms with Gasteiger partial charge >= 0.3 is 6.03 Å². The molecule has 24 heavy (non-hydrogen) atoms. The van der Waals surface area contributed by atoms with Crippen LogP contribution in [0.3, 0.4) is 0 Å². The molecule has 3 rings (SSSR count). The molecule has 0 radical (unpaired) electrons. The fourth-order valence-corrected chi connectivity index (χ4v) is 2.94. The predicted octanol–water partition coefficient (Wildman–Crippen LogP) is 2.14. The van der Waals surface area contributed by atoms with Crippen molar-refractivity contribution in [2.24, 2.45) is 7.05 Å². The molecule has 7 nitrogen and oxygen atoms in total. The van der Waals surface area contributed by atoms with Crippen LogP contribution in [0.2, 0.25) is 5.02 Å². The highest BCUT2D eigenvalue weighted by Gasteiger charge is 2.31. The van der Waals surface area contributed by atoms with Gasteiger partial charge in [0, 0.05) is 17.6 Å². The van der Waals surface area contributed by atoms with E-state index in [4.69, 9.17) is 16.3 Å². The Morgan fingerprint density at radius 1 is 1.46 bits per heavy atom. The number of hydrogen-bond donors (Lipinski definition) is 1. The SMILES string of the molecule is C[C@@H]1CO[C@H](c2ccccc2Cl)CN1C(=O)NCc1ncn(C)n1. The topological polar surface area (TPSA) is 72.3 Å². The number of carbonyl (C=O) groups is 1. The number of halogens is 1. The van der Waals surface area contributed by atoms with Crippen molar-refractivity contribution in [1.29, 1.82) is 0 Å². The predicted molar refractivity (Wildman–Crippen MR) is 89.6 cm³/mol. The lowest BCUT2D eigenvalue weighted by molar-refractivity contribution is -0.0427. The quantitative estimate of drug-likeness (QED) is 0.921. The summed E-state index contributed by atoms with van der Waals surface area (Å²) in [6.07, 6.45) is 1.38. The molecule has 0 bridgehead atoms. The van der Waals surface area contributed by atoms with E-state index in [-0.39, 0.29) is 18.2 Å². The number of nitrogens with zero attached hydrogens (tertiary/aromatic N) is 4. The number of ether oxygens (including phenoxy) is 1. The van der Waals surface area contributed by atoms with E-state index in [0.717, 1.165) is 5.56 Å². The van der Waals surface area contributed by atoms with Crippen LogP contribution in [0.15, 0.2) is 30.6 Å². The van der Waals surface area contributed by atoms with Gasteiger partial charge in [-0.3, -0.25) is 4.68 Å². The number of morpholine rings is 1. The molecule has 8 heteroatoms. The lowest BCUT2D eigenvalue weighted by atomic mass is 10.1. The molecule has 1 saturated heterocycles. The number of benzene rings is 1. The summed E-state index contributed by atoms with van der Waals surface area (Å²) in [5.41, 5.74) is 0.898. The first-order valence-electron chi connectivity index (χ1n) is 7.79. The van der Waals surface area contributed by atoms with Crippen LogP contribution in [0.1, 0.15) is 24.4 Å². The molecule has 0 saturated carbocycles. The van der Waals surface area contributed by atoms with Gasteiger partial charge in [0.1, 0.15) is 12.4 Å². The molecule has 1 aromatic carbocycles. The van der Waals surface area contributed by atoms with Gasteiger partial charge in [-0.1, -0.05) is 29.8 Å². The van der Waals surface area contributed by atoms with Crippen LogP contribution in [0.25, 0.3) is 0 Å². The van der Waals surface area contributed by atoms with Crippen molar-refractivity contribution in [3.8, 4) is 0 Å². The standard InChI is InChI=1S/C16H20ClN5O2/c1-11-9-24-14(12-5-3-4-6-13(12)17)8-22(11)16(23)18-7-15-19-10-21(2)20-15/h3-6,10-11,14H,7-9H2,1-2H3,(H,18,23)/t11-,14+/m1/s1. The van der Waals surface area contributed by atoms with Gasteiger partial charge in [0.05, 0.1) is 25.7 Å². The molecule has 0 spiro atoms. The van der Waals surface area contributed by atoms with Gasteiger partial charge in [-0.05, 0) is 13.0 Å². The summed E-state index contributed by atoms with van der Waals surface area (Å²) in [6.45, 7) is 3.17. The molecule has 1 fully saturated rings. The lowest BCUT2D eigenvalue weighted by Gasteiger charge is -2.38. The summed E-state index contributed by atoms with van der Waals surface area (Å²) in [5.74, 6) is 0.578. The van der Waals surface area contributed by atoms with Crippen LogP contribution in [-0.2, 0) is 18.3 Å². The highest BCUT2D eigenvalue weighted by atomic mass is 35.5. The molecule has 0 unspecified atom stereocenters. The molecule has 128 valence electrons. The van der Waals surface area contributed by atoms with Crippen molar-refractivity contribution >= 4 is 17.6 Å². The second-order valence-electron chi connectivity index (χ2n) is 5.84. The maximum absolute atomic E-state index is 12.5. The van der Waals surface area contributed by atoms with Gasteiger partial charge in [0.15, 0.2) is 5.82 Å². The van der Waals surface area contributed by atoms with Crippen LogP contribution in [0.5, 0.6) is 0 Å². The van der Waals surface area contributed by atoms with Crippen molar-refractivity contribution in [3.63, 3.8) is 0 Å². The average Bonchev–Trinajstić information content (AvgIpc) is 2.99. The molecule has 1 N–H and O–H groups in total. The third kappa shape index (κ3) is 3.68. The van der Waals surface area contributed by atoms with Crippen LogP contribution in [0, 0.1) is 0 Å². The fourth-order valence-electron chi connectivity index (χ4n) is 2.69. The van der Waals surface area contributed by atoms with E-state index in [0.29, 0.717) is 30.5 Å². The van der Waals surface area contributed by atoms with E-state index in [1.165, 1.54) is 0 Å². The highest BCUT2D eigenvalue weighted by molar-refractivity contribution is 6.31. The Hall–Kier alpha value is -2.12. The van der Waals surface area contributed by atoms with Crippen molar-refractivity contribution in [2.75, 3.05) is 13.2 Å². The third-order valence-corrected chi connectivity index (χ3v) is 4.34. The zero-order valence-corrected chi connectivity index (χ0v) is 14.4. The van der Waals surface area contributed by atoms with E-state index in [1.54, 1.807) is 23.0 Å². The fraction of sp³-hybridized carbons (Fsp3) is 0.438. The minimum absolute atomic E-state index is 0.0135. The Morgan fingerprint density at radius 2 is 2.25 bits per heavy atom. The number of urea groups is 1. The van der Waals surface area contributed by atoms with Crippen molar-refractivity contribution in [2.45, 2.75) is 25.6 Å². The summed E-state index contributed by atoms with van der Waals surface area (Å²) in [5, 5.41) is 7.66. The van der Waals surface area contributed by atoms with Crippen LogP contribution in [0.4, 0.5) is 4.79 Å². The van der Waals surface area contributed by atoms with Crippen molar-refractivity contribution < 1.29 is 9.53 Å². The highest BCUT2D eigenvalue weighted by Crippen LogP contribution is 2.29. The third-order valence-electron chi connectivity index (χ3n) is 3.99. The van der Waals surface area contributed by atoms with Gasteiger partial charge in [-0.2, -0.15) is 5.10 Å². The second-order valence-corrected chi connectivity index (χ2v) is 6.25. The minimum atomic E-state index is -0.228. The van der Waals surface area contributed by atoms with Gasteiger partial charge in [-0.25, -0.2) is 9.78 Å². The summed E-state index contributed by atoms with van der Waals surface area (Å²) >= 11 is 6.25. The Bertz CT molecular complexity index is 720. The summed E-state index contributed by atoms with van der Waals surface area (Å²) in [7, 11) is 1.79. The molecular formula is C16H20ClN5O2. The van der Waals surface area contributed by atoms with E-state index in [9.17, 15) is 4.79 Å². The average molecular weight is 350 g/mol. The van der Waals surface area contributed by atoms with Crippen molar-refractivity contribution in [3.05, 3.63) is 47.0 Å². The molecule has 1 aliphatic rings. The Morgan fingerprint density at radius 3 is 2.96 bits per heavy atom. The Kier molecular flexibility index (Phi) is 5.01. The molecule has 1 aliphatic heterocycles. The lowest BCUT2D eigenvalue weighted by Crippen LogP contribution is -2.52. The van der Waals surface area contributed by atoms with Crippen LogP contribution >= 0.6 is 11.6 Å². The maximum Gasteiger partial charge on any atom is 0.318 e. The van der Waals surface area contributed by atoms with E-state index in [1.807, 2.05) is 31.2 Å². The van der Waals surface area contributed by atoms with E-state index < -0.39 is 0 Å². The minimum Gasteiger partial charge on any atom is -0.369 e. The summed E-state index contributed by atoms with van der Waals surface area (Å²) in [4.78, 5) is 18.4. The molecule has 2 amide bonds. The first-order valence-corrected chi connectivity index (χ1v) is 8.17. The second kappa shape index (κ2) is 7.19. The maximum atomic E-state index is 12.5. The zero-order valence-electron chi connectivity index (χ0n) is 13.6. The smallest absolute Gasteiger partial charge is 0.318 e. The molecular weight excluding hydrogens is 330 g/mol. The molecule has 0 aliphatic carbocycles. The van der Waals surface area contributed by atoms with Gasteiger partial charge < -0.3 is 15.0 Å². The number of amides is 2. The molecule has 1 aromatic heterocycles. The Balaban J connectivity index is 1.65. The number of rotatable bonds is 3. The number of carbonyl (C=O) groups excluding carboxylic acids is 1. The zero-order chi connectivity index (χ0) is 17.1. The largest absolute Gasteiger partial charge is 0.369 e. The van der Waals surface area contributed by atoms with Crippen molar-refractivity contribution in [1.82, 2.24) is 25.0 Å². The first kappa shape index (κ1) is 16.7. The van der Waals surface area contributed by atoms with Gasteiger partial charge in [-0.15, -0.1) is 0 Å². The number of aromatic nitrogens is 3. The van der Waals surface area contributed by atoms with Gasteiger partial charge in [0.25, 0.3) is 0 Å². The normalized spacial score (nSPS) is 20.9. The van der Waals surface area contributed by atoms with E-state index in [2.05, 4.69) is 15.4 Å². The molecule has 2 heterocycles. The van der Waals surface area contributed by atoms with Crippen LogP contribution in [-0.4, -0.2) is 44.9 Å². The monoisotopic (exact) mass is 349 g/mol. The summed E-state index contributed by atoms with van der Waals surface area (Å²) in [6, 6.07) is 7.38. The van der Waals surface area contributed by atoms with E-state index >= 15 is 0 Å². The van der Waals surface area contributed by atoms with Crippen LogP contribution < -0.4 is 5.32 Å². The molecule has 2 atom stereocenters. The number of nitrogens with one attached hydrogen (secondary N) is 1. The number of hydrogen-bond acceptors (Lipinski definition) is 4. The van der Waals surface area contributed by atoms with Gasteiger partial charge in [0.2, 0.25) is 0 Å². The Labute approximate surface area is 145 Å². The number of aryl methyl sites for hydroxylation is 1. The summed E-state index contributed by atoms with van der Waals surface area (Å²) < 4.78 is 7.47. The first-order chi connectivity index (χ1) is 11.5. The molecule has 2 aromatic rings.